The van der Waals surface area contributed by atoms with Gasteiger partial charge in [-0.05, 0) is 45.0 Å². The lowest BCUT2D eigenvalue weighted by Crippen LogP contribution is -2.41. The summed E-state index contributed by atoms with van der Waals surface area (Å²) in [6.45, 7) is 5.79. The summed E-state index contributed by atoms with van der Waals surface area (Å²) in [6, 6.07) is 7.15. The van der Waals surface area contributed by atoms with Gasteiger partial charge in [0.2, 0.25) is 11.1 Å². The van der Waals surface area contributed by atoms with E-state index in [9.17, 15) is 4.79 Å². The van der Waals surface area contributed by atoms with E-state index in [0.29, 0.717) is 16.0 Å². The molecule has 0 aliphatic rings. The van der Waals surface area contributed by atoms with Gasteiger partial charge >= 0.3 is 0 Å². The van der Waals surface area contributed by atoms with Crippen LogP contribution in [0.3, 0.4) is 0 Å². The molecule has 1 aromatic heterocycles. The predicted octanol–water partition coefficient (Wildman–Crippen LogP) is 2.32. The first-order chi connectivity index (χ1) is 10.3. The maximum Gasteiger partial charge on any atom is 0.230 e. The molecule has 0 spiro atoms. The third kappa shape index (κ3) is 4.38. The van der Waals surface area contributed by atoms with E-state index in [0.717, 1.165) is 5.56 Å². The Labute approximate surface area is 138 Å². The van der Waals surface area contributed by atoms with Gasteiger partial charge in [0, 0.05) is 16.1 Å². The average Bonchev–Trinajstić information content (AvgIpc) is 2.77. The lowest BCUT2D eigenvalue weighted by Gasteiger charge is -2.20. The molecule has 0 bridgehead atoms. The van der Waals surface area contributed by atoms with Crippen LogP contribution in [0.25, 0.3) is 11.4 Å². The van der Waals surface area contributed by atoms with Crippen LogP contribution in [0.15, 0.2) is 29.4 Å². The van der Waals surface area contributed by atoms with Crippen molar-refractivity contribution in [3.8, 4) is 11.4 Å². The molecule has 0 fully saturated rings. The van der Waals surface area contributed by atoms with Gasteiger partial charge in [-0.2, -0.15) is 0 Å². The number of hydrogen-bond donors (Lipinski definition) is 2. The number of rotatable bonds is 4. The predicted molar refractivity (Wildman–Crippen MR) is 89.2 cm³/mol. The highest BCUT2D eigenvalue weighted by Crippen LogP contribution is 2.22. The van der Waals surface area contributed by atoms with E-state index < -0.39 is 0 Å². The summed E-state index contributed by atoms with van der Waals surface area (Å²) in [7, 11) is 0. The topological polar surface area (TPSA) is 85.8 Å². The van der Waals surface area contributed by atoms with E-state index in [4.69, 9.17) is 17.4 Å². The molecular weight excluding hydrogens is 322 g/mol. The summed E-state index contributed by atoms with van der Waals surface area (Å²) in [5, 5.41) is 12.1. The van der Waals surface area contributed by atoms with Gasteiger partial charge < -0.3 is 11.2 Å². The van der Waals surface area contributed by atoms with Crippen LogP contribution in [0, 0.1) is 0 Å². The number of carbonyl (C=O) groups is 1. The van der Waals surface area contributed by atoms with Crippen molar-refractivity contribution in [2.45, 2.75) is 31.5 Å². The minimum atomic E-state index is -0.261. The molecule has 0 aliphatic heterocycles. The first-order valence-electron chi connectivity index (χ1n) is 6.66. The standard InChI is InChI=1S/C14H18ClN5OS/c1-14(2,3)17-11(21)8-22-13-19-18-12(20(13)16)9-4-6-10(15)7-5-9/h4-7H,8,16H2,1-3H3,(H,17,21). The zero-order valence-electron chi connectivity index (χ0n) is 12.6. The van der Waals surface area contributed by atoms with Crippen molar-refractivity contribution in [2.75, 3.05) is 11.6 Å². The monoisotopic (exact) mass is 339 g/mol. The molecule has 22 heavy (non-hydrogen) atoms. The maximum absolute atomic E-state index is 11.8. The van der Waals surface area contributed by atoms with Gasteiger partial charge in [-0.25, -0.2) is 4.68 Å². The smallest absolute Gasteiger partial charge is 0.230 e. The summed E-state index contributed by atoms with van der Waals surface area (Å²) in [5.74, 6) is 6.67. The lowest BCUT2D eigenvalue weighted by molar-refractivity contribution is -0.119. The van der Waals surface area contributed by atoms with E-state index >= 15 is 0 Å². The molecule has 0 unspecified atom stereocenters. The molecular formula is C14H18ClN5OS. The first kappa shape index (κ1) is 16.6. The first-order valence-corrected chi connectivity index (χ1v) is 8.03. The zero-order chi connectivity index (χ0) is 16.3. The molecule has 2 rings (SSSR count). The molecule has 0 saturated carbocycles. The van der Waals surface area contributed by atoms with E-state index in [2.05, 4.69) is 15.5 Å². The van der Waals surface area contributed by atoms with Gasteiger partial charge in [-0.15, -0.1) is 10.2 Å². The Hall–Kier alpha value is -1.73. The number of benzene rings is 1. The van der Waals surface area contributed by atoms with Crippen molar-refractivity contribution >= 4 is 29.3 Å². The largest absolute Gasteiger partial charge is 0.351 e. The highest BCUT2D eigenvalue weighted by molar-refractivity contribution is 7.99. The second-order valence-corrected chi connectivity index (χ2v) is 7.15. The average molecular weight is 340 g/mol. The number of hydrogen-bond acceptors (Lipinski definition) is 5. The van der Waals surface area contributed by atoms with Crippen LogP contribution in [0.5, 0.6) is 0 Å². The Kier molecular flexibility index (Phi) is 4.97. The summed E-state index contributed by atoms with van der Waals surface area (Å²) in [5.41, 5.74) is 0.549. The van der Waals surface area contributed by atoms with Crippen molar-refractivity contribution in [3.05, 3.63) is 29.3 Å². The zero-order valence-corrected chi connectivity index (χ0v) is 14.2. The Morgan fingerprint density at radius 1 is 1.32 bits per heavy atom. The Morgan fingerprint density at radius 3 is 2.55 bits per heavy atom. The van der Waals surface area contributed by atoms with Gasteiger partial charge in [0.15, 0.2) is 5.82 Å². The van der Waals surface area contributed by atoms with E-state index in [1.165, 1.54) is 16.4 Å². The molecule has 6 nitrogen and oxygen atoms in total. The number of halogens is 1. The molecule has 1 heterocycles. The summed E-state index contributed by atoms with van der Waals surface area (Å²) in [4.78, 5) is 11.8. The third-order valence-corrected chi connectivity index (χ3v) is 3.81. The molecule has 1 aromatic carbocycles. The fraction of sp³-hybridized carbons (Fsp3) is 0.357. The minimum Gasteiger partial charge on any atom is -0.351 e. The van der Waals surface area contributed by atoms with Crippen molar-refractivity contribution in [1.82, 2.24) is 20.2 Å². The third-order valence-electron chi connectivity index (χ3n) is 2.61. The Morgan fingerprint density at radius 2 is 1.95 bits per heavy atom. The van der Waals surface area contributed by atoms with E-state index in [1.807, 2.05) is 32.9 Å². The quantitative estimate of drug-likeness (QED) is 0.659. The fourth-order valence-corrected chi connectivity index (χ4v) is 2.54. The van der Waals surface area contributed by atoms with Gasteiger partial charge in [0.1, 0.15) is 0 Å². The van der Waals surface area contributed by atoms with Crippen LogP contribution >= 0.6 is 23.4 Å². The number of nitrogens with one attached hydrogen (secondary N) is 1. The van der Waals surface area contributed by atoms with Gasteiger partial charge in [-0.1, -0.05) is 23.4 Å². The highest BCUT2D eigenvalue weighted by atomic mass is 35.5. The summed E-state index contributed by atoms with van der Waals surface area (Å²) >= 11 is 7.10. The number of nitrogen functional groups attached to an aromatic ring is 1. The number of carbonyl (C=O) groups excluding carboxylic acids is 1. The van der Waals surface area contributed by atoms with Crippen LogP contribution in [0.2, 0.25) is 5.02 Å². The van der Waals surface area contributed by atoms with E-state index in [1.54, 1.807) is 12.1 Å². The maximum atomic E-state index is 11.8. The molecule has 0 atom stereocenters. The molecule has 3 N–H and O–H groups in total. The van der Waals surface area contributed by atoms with Gasteiger partial charge in [0.05, 0.1) is 5.75 Å². The molecule has 2 aromatic rings. The van der Waals surface area contributed by atoms with Crippen molar-refractivity contribution < 1.29 is 4.79 Å². The van der Waals surface area contributed by atoms with Crippen LogP contribution in [0.4, 0.5) is 0 Å². The van der Waals surface area contributed by atoms with Gasteiger partial charge in [-0.3, -0.25) is 4.79 Å². The highest BCUT2D eigenvalue weighted by Gasteiger charge is 2.16. The SMILES string of the molecule is CC(C)(C)NC(=O)CSc1nnc(-c2ccc(Cl)cc2)n1N. The number of amides is 1. The summed E-state index contributed by atoms with van der Waals surface area (Å²) < 4.78 is 1.37. The van der Waals surface area contributed by atoms with Crippen LogP contribution in [-0.2, 0) is 4.79 Å². The second kappa shape index (κ2) is 6.58. The lowest BCUT2D eigenvalue weighted by atomic mass is 10.1. The Bertz CT molecular complexity index is 663. The molecule has 0 radical (unpaired) electrons. The molecule has 118 valence electrons. The normalized spacial score (nSPS) is 11.5. The van der Waals surface area contributed by atoms with Crippen molar-refractivity contribution in [1.29, 1.82) is 0 Å². The molecule has 8 heteroatoms. The molecule has 1 amide bonds. The Balaban J connectivity index is 2.05. The van der Waals surface area contributed by atoms with Gasteiger partial charge in [0.25, 0.3) is 0 Å². The fourth-order valence-electron chi connectivity index (χ4n) is 1.76. The second-order valence-electron chi connectivity index (χ2n) is 5.77. The number of nitrogens with zero attached hydrogens (tertiary/aromatic N) is 3. The minimum absolute atomic E-state index is 0.0754. The molecule has 0 aliphatic carbocycles. The molecule has 0 saturated heterocycles. The number of thioether (sulfide) groups is 1. The number of aromatic nitrogens is 3. The number of nitrogens with two attached hydrogens (primary N) is 1. The van der Waals surface area contributed by atoms with Crippen LogP contribution < -0.4 is 11.2 Å². The van der Waals surface area contributed by atoms with Crippen molar-refractivity contribution in [2.24, 2.45) is 0 Å². The van der Waals surface area contributed by atoms with Crippen LogP contribution in [-0.4, -0.2) is 32.1 Å². The van der Waals surface area contributed by atoms with E-state index in [-0.39, 0.29) is 17.2 Å². The van der Waals surface area contributed by atoms with Crippen molar-refractivity contribution in [3.63, 3.8) is 0 Å². The van der Waals surface area contributed by atoms with Crippen LogP contribution in [0.1, 0.15) is 20.8 Å². The summed E-state index contributed by atoms with van der Waals surface area (Å²) in [6.07, 6.45) is 0.